The number of urea groups is 1. The van der Waals surface area contributed by atoms with E-state index in [0.29, 0.717) is 6.54 Å². The van der Waals surface area contributed by atoms with Gasteiger partial charge in [-0.2, -0.15) is 0 Å². The van der Waals surface area contributed by atoms with E-state index in [1.807, 2.05) is 0 Å². The fourth-order valence-corrected chi connectivity index (χ4v) is 4.30. The molecule has 2 saturated heterocycles. The summed E-state index contributed by atoms with van der Waals surface area (Å²) in [6, 6.07) is 6.05. The molecule has 1 aliphatic carbocycles. The van der Waals surface area contributed by atoms with Crippen molar-refractivity contribution in [3.05, 3.63) is 35.6 Å². The van der Waals surface area contributed by atoms with Crippen LogP contribution < -0.4 is 0 Å². The van der Waals surface area contributed by atoms with Crippen molar-refractivity contribution in [2.75, 3.05) is 6.54 Å². The molecule has 4 rings (SSSR count). The summed E-state index contributed by atoms with van der Waals surface area (Å²) in [6.07, 6.45) is 4.49. The molecule has 3 aliphatic rings. The SMILES string of the molecule is O=C1C2CCCN2C(=O)N1C1CCCC1c1ccc(F)cc1. The van der Waals surface area contributed by atoms with Gasteiger partial charge in [0, 0.05) is 18.5 Å². The van der Waals surface area contributed by atoms with Crippen molar-refractivity contribution in [3.8, 4) is 0 Å². The van der Waals surface area contributed by atoms with Crippen LogP contribution in [0, 0.1) is 5.82 Å². The molecule has 0 radical (unpaired) electrons. The molecule has 3 fully saturated rings. The summed E-state index contributed by atoms with van der Waals surface area (Å²) in [4.78, 5) is 28.4. The van der Waals surface area contributed by atoms with Crippen LogP contribution in [0.4, 0.5) is 9.18 Å². The first-order valence-electron chi connectivity index (χ1n) is 8.06. The van der Waals surface area contributed by atoms with Crippen LogP contribution in [0.2, 0.25) is 0 Å². The van der Waals surface area contributed by atoms with Crippen LogP contribution in [0.25, 0.3) is 0 Å². The third kappa shape index (κ3) is 1.95. The van der Waals surface area contributed by atoms with Crippen LogP contribution in [0.5, 0.6) is 0 Å². The number of benzene rings is 1. The zero-order chi connectivity index (χ0) is 15.3. The van der Waals surface area contributed by atoms with Crippen molar-refractivity contribution in [3.63, 3.8) is 0 Å². The van der Waals surface area contributed by atoms with Crippen molar-refractivity contribution in [1.29, 1.82) is 0 Å². The van der Waals surface area contributed by atoms with Gasteiger partial charge >= 0.3 is 6.03 Å². The Labute approximate surface area is 128 Å². The van der Waals surface area contributed by atoms with Crippen molar-refractivity contribution < 1.29 is 14.0 Å². The molecule has 0 bridgehead atoms. The molecule has 5 heteroatoms. The lowest BCUT2D eigenvalue weighted by Crippen LogP contribution is -2.43. The molecule has 2 heterocycles. The molecule has 3 atom stereocenters. The smallest absolute Gasteiger partial charge is 0.312 e. The topological polar surface area (TPSA) is 40.6 Å². The fourth-order valence-electron chi connectivity index (χ4n) is 4.30. The first-order chi connectivity index (χ1) is 10.7. The quantitative estimate of drug-likeness (QED) is 0.788. The van der Waals surface area contributed by atoms with Gasteiger partial charge in [0.05, 0.1) is 0 Å². The van der Waals surface area contributed by atoms with E-state index in [9.17, 15) is 14.0 Å². The molecule has 3 unspecified atom stereocenters. The Morgan fingerprint density at radius 3 is 2.50 bits per heavy atom. The van der Waals surface area contributed by atoms with Gasteiger partial charge in [-0.05, 0) is 43.4 Å². The van der Waals surface area contributed by atoms with E-state index < -0.39 is 0 Å². The highest BCUT2D eigenvalue weighted by Gasteiger charge is 2.52. The second-order valence-corrected chi connectivity index (χ2v) is 6.50. The van der Waals surface area contributed by atoms with Crippen LogP contribution in [-0.4, -0.2) is 40.4 Å². The number of nitrogens with zero attached hydrogens (tertiary/aromatic N) is 2. The summed E-state index contributed by atoms with van der Waals surface area (Å²) in [7, 11) is 0. The van der Waals surface area contributed by atoms with Crippen LogP contribution >= 0.6 is 0 Å². The summed E-state index contributed by atoms with van der Waals surface area (Å²) < 4.78 is 13.1. The highest BCUT2D eigenvalue weighted by Crippen LogP contribution is 2.41. The number of halogens is 1. The Morgan fingerprint density at radius 2 is 1.77 bits per heavy atom. The molecule has 4 nitrogen and oxygen atoms in total. The number of carbonyl (C=O) groups excluding carboxylic acids is 2. The summed E-state index contributed by atoms with van der Waals surface area (Å²) in [5.41, 5.74) is 1.02. The Balaban J connectivity index is 1.62. The highest BCUT2D eigenvalue weighted by molar-refractivity contribution is 6.05. The van der Waals surface area contributed by atoms with Gasteiger partial charge in [-0.3, -0.25) is 9.69 Å². The van der Waals surface area contributed by atoms with E-state index in [-0.39, 0.29) is 35.8 Å². The number of hydrogen-bond acceptors (Lipinski definition) is 2. The number of rotatable bonds is 2. The second-order valence-electron chi connectivity index (χ2n) is 6.50. The minimum Gasteiger partial charge on any atom is -0.312 e. The first-order valence-corrected chi connectivity index (χ1v) is 8.06. The summed E-state index contributed by atoms with van der Waals surface area (Å²) in [5.74, 6) is -0.151. The molecule has 1 aromatic carbocycles. The van der Waals surface area contributed by atoms with Gasteiger partial charge in [-0.1, -0.05) is 18.6 Å². The Kier molecular flexibility index (Phi) is 3.17. The minimum atomic E-state index is -0.257. The van der Waals surface area contributed by atoms with E-state index >= 15 is 0 Å². The molecule has 1 aromatic rings. The molecular formula is C17H19FN2O2. The predicted octanol–water partition coefficient (Wildman–Crippen LogP) is 2.89. The van der Waals surface area contributed by atoms with Crippen LogP contribution in [0.3, 0.4) is 0 Å². The van der Waals surface area contributed by atoms with Crippen LogP contribution in [0.15, 0.2) is 24.3 Å². The van der Waals surface area contributed by atoms with E-state index in [1.54, 1.807) is 17.0 Å². The lowest BCUT2D eigenvalue weighted by Gasteiger charge is -2.28. The third-order valence-electron chi connectivity index (χ3n) is 5.34. The average molecular weight is 302 g/mol. The molecule has 2 aliphatic heterocycles. The van der Waals surface area contributed by atoms with Gasteiger partial charge in [0.15, 0.2) is 0 Å². The van der Waals surface area contributed by atoms with Gasteiger partial charge in [0.2, 0.25) is 0 Å². The lowest BCUT2D eigenvalue weighted by molar-refractivity contribution is -0.129. The van der Waals surface area contributed by atoms with E-state index in [2.05, 4.69) is 0 Å². The maximum Gasteiger partial charge on any atom is 0.327 e. The minimum absolute atomic E-state index is 0.0264. The number of amides is 3. The van der Waals surface area contributed by atoms with Gasteiger partial charge < -0.3 is 4.90 Å². The molecule has 116 valence electrons. The summed E-state index contributed by atoms with van der Waals surface area (Å²) >= 11 is 0. The predicted molar refractivity (Wildman–Crippen MR) is 78.8 cm³/mol. The first kappa shape index (κ1) is 13.7. The Hall–Kier alpha value is -1.91. The summed E-state index contributed by atoms with van der Waals surface area (Å²) in [6.45, 7) is 0.694. The molecule has 0 spiro atoms. The molecule has 0 N–H and O–H groups in total. The number of fused-ring (bicyclic) bond motifs is 1. The zero-order valence-corrected chi connectivity index (χ0v) is 12.4. The molecule has 1 saturated carbocycles. The molecular weight excluding hydrogens is 283 g/mol. The monoisotopic (exact) mass is 302 g/mol. The molecule has 22 heavy (non-hydrogen) atoms. The van der Waals surface area contributed by atoms with E-state index in [1.165, 1.54) is 17.0 Å². The summed E-state index contributed by atoms with van der Waals surface area (Å²) in [5, 5.41) is 0. The Morgan fingerprint density at radius 1 is 1.00 bits per heavy atom. The van der Waals surface area contributed by atoms with Gasteiger partial charge in [0.25, 0.3) is 5.91 Å². The van der Waals surface area contributed by atoms with Gasteiger partial charge in [-0.25, -0.2) is 9.18 Å². The number of hydrogen-bond donors (Lipinski definition) is 0. The van der Waals surface area contributed by atoms with Crippen molar-refractivity contribution in [2.45, 2.75) is 50.1 Å². The van der Waals surface area contributed by atoms with Crippen molar-refractivity contribution >= 4 is 11.9 Å². The maximum atomic E-state index is 13.1. The maximum absolute atomic E-state index is 13.1. The third-order valence-corrected chi connectivity index (χ3v) is 5.34. The number of carbonyl (C=O) groups is 2. The van der Waals surface area contributed by atoms with E-state index in [4.69, 9.17) is 0 Å². The fraction of sp³-hybridized carbons (Fsp3) is 0.529. The second kappa shape index (κ2) is 5.07. The Bertz CT molecular complexity index is 594. The van der Waals surface area contributed by atoms with Crippen molar-refractivity contribution in [2.24, 2.45) is 0 Å². The average Bonchev–Trinajstić information content (AvgIpc) is 3.20. The molecule has 3 amide bonds. The number of imide groups is 1. The van der Waals surface area contributed by atoms with Crippen molar-refractivity contribution in [1.82, 2.24) is 9.80 Å². The zero-order valence-electron chi connectivity index (χ0n) is 12.4. The highest BCUT2D eigenvalue weighted by atomic mass is 19.1. The normalized spacial score (nSPS) is 31.2. The van der Waals surface area contributed by atoms with Crippen LogP contribution in [-0.2, 0) is 4.79 Å². The lowest BCUT2D eigenvalue weighted by atomic mass is 9.93. The largest absolute Gasteiger partial charge is 0.327 e. The van der Waals surface area contributed by atoms with Gasteiger partial charge in [0.1, 0.15) is 11.9 Å². The van der Waals surface area contributed by atoms with Crippen LogP contribution in [0.1, 0.15) is 43.6 Å². The standard InChI is InChI=1S/C17H19FN2O2/c18-12-8-6-11(7-9-12)13-3-1-4-14(13)20-16(21)15-5-2-10-19(15)17(20)22/h6-9,13-15H,1-5,10H2. The van der Waals surface area contributed by atoms with Gasteiger partial charge in [-0.15, -0.1) is 0 Å². The van der Waals surface area contributed by atoms with E-state index in [0.717, 1.165) is 37.7 Å². The molecule has 0 aromatic heterocycles.